The molecule has 1 aromatic rings. The molecule has 0 heterocycles. The maximum Gasteiger partial charge on any atom is 0.126 e. The van der Waals surface area contributed by atoms with Gasteiger partial charge in [0.1, 0.15) is 12.4 Å². The zero-order valence-corrected chi connectivity index (χ0v) is 10.2. The fourth-order valence-corrected chi connectivity index (χ4v) is 1.61. The Bertz CT molecular complexity index is 334. The number of hydrogen-bond donors (Lipinski definition) is 1. The van der Waals surface area contributed by atoms with Crippen LogP contribution in [0.4, 0.5) is 0 Å². The summed E-state index contributed by atoms with van der Waals surface area (Å²) in [4.78, 5) is 0. The predicted octanol–water partition coefficient (Wildman–Crippen LogP) is 2.70. The van der Waals surface area contributed by atoms with Crippen LogP contribution in [0, 0.1) is 3.57 Å². The van der Waals surface area contributed by atoms with Crippen LogP contribution in [-0.4, -0.2) is 18.3 Å². The van der Waals surface area contributed by atoms with Crippen LogP contribution < -0.4 is 4.74 Å². The number of halogens is 1. The van der Waals surface area contributed by atoms with Crippen LogP contribution in [0.5, 0.6) is 5.75 Å². The highest BCUT2D eigenvalue weighted by molar-refractivity contribution is 14.1. The third-order valence-electron chi connectivity index (χ3n) is 1.75. The number of rotatable bonds is 4. The van der Waals surface area contributed by atoms with Gasteiger partial charge in [-0.1, -0.05) is 6.58 Å². The van der Waals surface area contributed by atoms with Crippen molar-refractivity contribution in [3.8, 4) is 5.75 Å². The van der Waals surface area contributed by atoms with Crippen molar-refractivity contribution in [2.75, 3.05) is 13.2 Å². The summed E-state index contributed by atoms with van der Waals surface area (Å²) in [7, 11) is 0. The summed E-state index contributed by atoms with van der Waals surface area (Å²) in [5.74, 6) is 0.784. The van der Waals surface area contributed by atoms with Gasteiger partial charge < -0.3 is 9.84 Å². The van der Waals surface area contributed by atoms with Crippen LogP contribution in [0.2, 0.25) is 0 Å². The van der Waals surface area contributed by atoms with Crippen LogP contribution in [0.15, 0.2) is 24.8 Å². The van der Waals surface area contributed by atoms with Crippen molar-refractivity contribution < 1.29 is 9.84 Å². The zero-order valence-electron chi connectivity index (χ0n) is 8.09. The standard InChI is InChI=1S/C11H13IO2/c1-8(2)10-7-9(12)3-4-11(10)14-6-5-13/h3-4,7,13H,1,5-6H2,2H3. The highest BCUT2D eigenvalue weighted by Crippen LogP contribution is 2.26. The van der Waals surface area contributed by atoms with E-state index in [1.165, 1.54) is 0 Å². The minimum Gasteiger partial charge on any atom is -0.491 e. The van der Waals surface area contributed by atoms with E-state index in [4.69, 9.17) is 9.84 Å². The molecule has 1 aromatic carbocycles. The van der Waals surface area contributed by atoms with E-state index in [1.54, 1.807) is 0 Å². The maximum atomic E-state index is 8.66. The fourth-order valence-electron chi connectivity index (χ4n) is 1.12. The Morgan fingerprint density at radius 1 is 1.57 bits per heavy atom. The van der Waals surface area contributed by atoms with Gasteiger partial charge in [0.15, 0.2) is 0 Å². The van der Waals surface area contributed by atoms with Gasteiger partial charge >= 0.3 is 0 Å². The number of aliphatic hydroxyl groups excluding tert-OH is 1. The second-order valence-corrected chi connectivity index (χ2v) is 4.24. The molecule has 0 radical (unpaired) electrons. The number of allylic oxidation sites excluding steroid dienone is 1. The highest BCUT2D eigenvalue weighted by Gasteiger charge is 2.04. The van der Waals surface area contributed by atoms with Crippen molar-refractivity contribution in [1.29, 1.82) is 0 Å². The van der Waals surface area contributed by atoms with E-state index in [2.05, 4.69) is 29.2 Å². The lowest BCUT2D eigenvalue weighted by atomic mass is 10.1. The summed E-state index contributed by atoms with van der Waals surface area (Å²) in [5.41, 5.74) is 1.97. The molecule has 0 aliphatic heterocycles. The van der Waals surface area contributed by atoms with E-state index >= 15 is 0 Å². The SMILES string of the molecule is C=C(C)c1cc(I)ccc1OCCO. The Labute approximate surface area is 97.7 Å². The number of benzene rings is 1. The van der Waals surface area contributed by atoms with Gasteiger partial charge in [0.2, 0.25) is 0 Å². The molecule has 0 saturated heterocycles. The first-order chi connectivity index (χ1) is 6.65. The topological polar surface area (TPSA) is 29.5 Å². The number of hydrogen-bond acceptors (Lipinski definition) is 2. The van der Waals surface area contributed by atoms with Gasteiger partial charge in [0, 0.05) is 9.13 Å². The Balaban J connectivity index is 2.96. The largest absolute Gasteiger partial charge is 0.491 e. The minimum absolute atomic E-state index is 0.0294. The molecular formula is C11H13IO2. The first kappa shape index (κ1) is 11.5. The van der Waals surface area contributed by atoms with Gasteiger partial charge in [0.05, 0.1) is 6.61 Å². The molecule has 0 spiro atoms. The first-order valence-electron chi connectivity index (χ1n) is 4.34. The molecule has 1 rings (SSSR count). The van der Waals surface area contributed by atoms with Crippen molar-refractivity contribution in [3.63, 3.8) is 0 Å². The van der Waals surface area contributed by atoms with Crippen molar-refractivity contribution in [1.82, 2.24) is 0 Å². The predicted molar refractivity (Wildman–Crippen MR) is 66.4 cm³/mol. The molecule has 0 unspecified atom stereocenters. The van der Waals surface area contributed by atoms with Gasteiger partial charge in [-0.25, -0.2) is 0 Å². The van der Waals surface area contributed by atoms with Crippen LogP contribution in [0.25, 0.3) is 5.57 Å². The second kappa shape index (κ2) is 5.36. The van der Waals surface area contributed by atoms with E-state index in [1.807, 2.05) is 25.1 Å². The summed E-state index contributed by atoms with van der Waals surface area (Å²) in [5, 5.41) is 8.66. The smallest absolute Gasteiger partial charge is 0.126 e. The quantitative estimate of drug-likeness (QED) is 0.867. The molecule has 0 aromatic heterocycles. The summed E-state index contributed by atoms with van der Waals surface area (Å²) >= 11 is 2.25. The molecule has 0 atom stereocenters. The molecule has 0 fully saturated rings. The lowest BCUT2D eigenvalue weighted by Gasteiger charge is -2.10. The van der Waals surface area contributed by atoms with Crippen LogP contribution in [0.1, 0.15) is 12.5 Å². The van der Waals surface area contributed by atoms with Crippen molar-refractivity contribution >= 4 is 28.2 Å². The molecule has 0 aliphatic carbocycles. The Kier molecular flexibility index (Phi) is 4.41. The molecule has 0 bridgehead atoms. The summed E-state index contributed by atoms with van der Waals surface area (Å²) in [6.45, 7) is 6.18. The number of aliphatic hydroxyl groups is 1. The average molecular weight is 304 g/mol. The summed E-state index contributed by atoms with van der Waals surface area (Å²) in [6.07, 6.45) is 0. The lowest BCUT2D eigenvalue weighted by molar-refractivity contribution is 0.201. The lowest BCUT2D eigenvalue weighted by Crippen LogP contribution is -2.03. The van der Waals surface area contributed by atoms with Crippen LogP contribution >= 0.6 is 22.6 Å². The molecule has 0 aliphatic rings. The van der Waals surface area contributed by atoms with Gasteiger partial charge in [-0.2, -0.15) is 0 Å². The molecule has 1 N–H and O–H groups in total. The fraction of sp³-hybridized carbons (Fsp3) is 0.273. The van der Waals surface area contributed by atoms with E-state index in [0.29, 0.717) is 6.61 Å². The van der Waals surface area contributed by atoms with Crippen molar-refractivity contribution in [2.24, 2.45) is 0 Å². The summed E-state index contributed by atoms with van der Waals surface area (Å²) in [6, 6.07) is 5.90. The molecule has 76 valence electrons. The third kappa shape index (κ3) is 2.99. The van der Waals surface area contributed by atoms with Crippen LogP contribution in [0.3, 0.4) is 0 Å². The van der Waals surface area contributed by atoms with E-state index < -0.39 is 0 Å². The van der Waals surface area contributed by atoms with Gasteiger partial charge in [0.25, 0.3) is 0 Å². The maximum absolute atomic E-state index is 8.66. The highest BCUT2D eigenvalue weighted by atomic mass is 127. The average Bonchev–Trinajstić information content (AvgIpc) is 2.15. The second-order valence-electron chi connectivity index (χ2n) is 2.99. The van der Waals surface area contributed by atoms with E-state index in [-0.39, 0.29) is 6.61 Å². The first-order valence-corrected chi connectivity index (χ1v) is 5.42. The molecule has 0 saturated carbocycles. The van der Waals surface area contributed by atoms with Gasteiger partial charge in [-0.15, -0.1) is 0 Å². The summed E-state index contributed by atoms with van der Waals surface area (Å²) < 4.78 is 6.54. The zero-order chi connectivity index (χ0) is 10.6. The molecular weight excluding hydrogens is 291 g/mol. The molecule has 2 nitrogen and oxygen atoms in total. The third-order valence-corrected chi connectivity index (χ3v) is 2.42. The van der Waals surface area contributed by atoms with E-state index in [9.17, 15) is 0 Å². The number of ether oxygens (including phenoxy) is 1. The molecule has 14 heavy (non-hydrogen) atoms. The van der Waals surface area contributed by atoms with Crippen molar-refractivity contribution in [2.45, 2.75) is 6.92 Å². The Hall–Kier alpha value is -0.550. The Morgan fingerprint density at radius 2 is 2.29 bits per heavy atom. The normalized spacial score (nSPS) is 9.93. The van der Waals surface area contributed by atoms with Gasteiger partial charge in [-0.3, -0.25) is 0 Å². The minimum atomic E-state index is 0.0294. The Morgan fingerprint density at radius 3 is 2.86 bits per heavy atom. The molecule has 3 heteroatoms. The van der Waals surface area contributed by atoms with Crippen molar-refractivity contribution in [3.05, 3.63) is 33.9 Å². The monoisotopic (exact) mass is 304 g/mol. The van der Waals surface area contributed by atoms with Crippen LogP contribution in [-0.2, 0) is 0 Å². The van der Waals surface area contributed by atoms with Gasteiger partial charge in [-0.05, 0) is 53.3 Å². The molecule has 0 amide bonds. The van der Waals surface area contributed by atoms with E-state index in [0.717, 1.165) is 20.5 Å².